The van der Waals surface area contributed by atoms with Crippen molar-refractivity contribution in [1.29, 1.82) is 0 Å². The second-order valence-electron chi connectivity index (χ2n) is 6.56. The van der Waals surface area contributed by atoms with Gasteiger partial charge in [-0.25, -0.2) is 0 Å². The van der Waals surface area contributed by atoms with E-state index in [0.717, 1.165) is 23.5 Å². The van der Waals surface area contributed by atoms with Crippen molar-refractivity contribution in [3.63, 3.8) is 0 Å². The topological polar surface area (TPSA) is 76.7 Å². The average Bonchev–Trinajstić information content (AvgIpc) is 3.50. The molecule has 1 fully saturated rings. The molecule has 1 saturated carbocycles. The molecule has 1 aliphatic carbocycles. The molecule has 6 nitrogen and oxygen atoms in total. The molecule has 2 N–H and O–H groups in total. The van der Waals surface area contributed by atoms with Crippen LogP contribution in [0, 0.1) is 11.8 Å². The van der Waals surface area contributed by atoms with E-state index in [1.807, 2.05) is 24.3 Å². The van der Waals surface area contributed by atoms with E-state index in [-0.39, 0.29) is 23.7 Å². The number of carbonyl (C=O) groups is 2. The number of ether oxygens (including phenoxy) is 2. The van der Waals surface area contributed by atoms with Gasteiger partial charge in [-0.05, 0) is 54.8 Å². The molecule has 2 amide bonds. The van der Waals surface area contributed by atoms with Gasteiger partial charge in [0.05, 0.1) is 26.1 Å². The fraction of sp³-hybridized carbons (Fsp3) is 0.333. The number of nitrogens with one attached hydrogen (secondary N) is 2. The van der Waals surface area contributed by atoms with E-state index in [4.69, 9.17) is 9.47 Å². The molecule has 2 aromatic carbocycles. The Morgan fingerprint density at radius 1 is 0.963 bits per heavy atom. The summed E-state index contributed by atoms with van der Waals surface area (Å²) in [5.74, 6) is 0.849. The van der Waals surface area contributed by atoms with Gasteiger partial charge in [-0.2, -0.15) is 0 Å². The monoisotopic (exact) mass is 368 g/mol. The number of benzene rings is 2. The van der Waals surface area contributed by atoms with Crippen LogP contribution in [0.3, 0.4) is 0 Å². The van der Waals surface area contributed by atoms with E-state index in [0.29, 0.717) is 18.7 Å². The zero-order valence-corrected chi connectivity index (χ0v) is 15.5. The van der Waals surface area contributed by atoms with Gasteiger partial charge in [-0.1, -0.05) is 12.1 Å². The maximum absolute atomic E-state index is 12.3. The summed E-state index contributed by atoms with van der Waals surface area (Å²) in [5.41, 5.74) is 1.80. The van der Waals surface area contributed by atoms with Gasteiger partial charge in [0.2, 0.25) is 11.8 Å². The lowest BCUT2D eigenvalue weighted by Crippen LogP contribution is -2.29. The van der Waals surface area contributed by atoms with Gasteiger partial charge in [0.1, 0.15) is 11.5 Å². The first-order chi connectivity index (χ1) is 13.1. The van der Waals surface area contributed by atoms with Crippen LogP contribution in [0.2, 0.25) is 0 Å². The Bertz CT molecular complexity index is 804. The molecule has 2 atom stereocenters. The molecular weight excluding hydrogens is 344 g/mol. The summed E-state index contributed by atoms with van der Waals surface area (Å²) in [6, 6.07) is 14.9. The van der Waals surface area contributed by atoms with Crippen molar-refractivity contribution in [2.24, 2.45) is 11.8 Å². The van der Waals surface area contributed by atoms with Crippen LogP contribution in [-0.2, 0) is 16.0 Å². The van der Waals surface area contributed by atoms with E-state index in [1.165, 1.54) is 0 Å². The van der Waals surface area contributed by atoms with Crippen LogP contribution < -0.4 is 20.1 Å². The minimum atomic E-state index is -0.260. The lowest BCUT2D eigenvalue weighted by Gasteiger charge is -2.08. The lowest BCUT2D eigenvalue weighted by atomic mass is 10.1. The van der Waals surface area contributed by atoms with Crippen LogP contribution in [0.1, 0.15) is 12.0 Å². The van der Waals surface area contributed by atoms with Crippen LogP contribution >= 0.6 is 0 Å². The van der Waals surface area contributed by atoms with E-state index >= 15 is 0 Å². The molecule has 142 valence electrons. The van der Waals surface area contributed by atoms with E-state index in [2.05, 4.69) is 10.6 Å². The third-order valence-electron chi connectivity index (χ3n) is 4.67. The summed E-state index contributed by atoms with van der Waals surface area (Å²) in [4.78, 5) is 24.5. The molecular formula is C21H24N2O4. The molecule has 0 spiro atoms. The van der Waals surface area contributed by atoms with Gasteiger partial charge < -0.3 is 20.1 Å². The van der Waals surface area contributed by atoms with Gasteiger partial charge in [0, 0.05) is 12.2 Å². The summed E-state index contributed by atoms with van der Waals surface area (Å²) >= 11 is 0. The van der Waals surface area contributed by atoms with Crippen molar-refractivity contribution in [3.8, 4) is 11.5 Å². The smallest absolute Gasteiger partial charge is 0.228 e. The van der Waals surface area contributed by atoms with Crippen molar-refractivity contribution >= 4 is 17.5 Å². The summed E-state index contributed by atoms with van der Waals surface area (Å²) in [5, 5.41) is 5.76. The predicted octanol–water partition coefficient (Wildman–Crippen LogP) is 2.64. The van der Waals surface area contributed by atoms with Gasteiger partial charge in [0.25, 0.3) is 0 Å². The van der Waals surface area contributed by atoms with Crippen LogP contribution in [0.5, 0.6) is 11.5 Å². The highest BCUT2D eigenvalue weighted by molar-refractivity contribution is 5.99. The number of carbonyl (C=O) groups excluding carboxylic acids is 2. The lowest BCUT2D eigenvalue weighted by molar-refractivity contribution is -0.125. The first-order valence-electron chi connectivity index (χ1n) is 8.96. The quantitative estimate of drug-likeness (QED) is 0.751. The third-order valence-corrected chi connectivity index (χ3v) is 4.67. The van der Waals surface area contributed by atoms with Gasteiger partial charge in [0.15, 0.2) is 0 Å². The Kier molecular flexibility index (Phi) is 5.96. The Hall–Kier alpha value is -3.02. The Balaban J connectivity index is 1.42. The molecule has 0 aromatic heterocycles. The number of amides is 2. The summed E-state index contributed by atoms with van der Waals surface area (Å²) in [6.45, 7) is 0.537. The number of hydrogen-bond donors (Lipinski definition) is 2. The Morgan fingerprint density at radius 2 is 1.67 bits per heavy atom. The highest BCUT2D eigenvalue weighted by atomic mass is 16.5. The second kappa shape index (κ2) is 8.58. The molecule has 2 aromatic rings. The maximum Gasteiger partial charge on any atom is 0.228 e. The number of methoxy groups -OCH3 is 2. The fourth-order valence-electron chi connectivity index (χ4n) is 2.97. The normalized spacial score (nSPS) is 17.7. The third kappa shape index (κ3) is 5.00. The molecule has 3 rings (SSSR count). The zero-order chi connectivity index (χ0) is 19.2. The van der Waals surface area contributed by atoms with Gasteiger partial charge in [-0.15, -0.1) is 0 Å². The van der Waals surface area contributed by atoms with Gasteiger partial charge in [-0.3, -0.25) is 9.59 Å². The molecule has 0 aliphatic heterocycles. The molecule has 0 saturated heterocycles. The minimum absolute atomic E-state index is 0.0622. The second-order valence-corrected chi connectivity index (χ2v) is 6.56. The van der Waals surface area contributed by atoms with Crippen LogP contribution in [0.25, 0.3) is 0 Å². The van der Waals surface area contributed by atoms with Crippen molar-refractivity contribution in [1.82, 2.24) is 5.32 Å². The fourth-order valence-corrected chi connectivity index (χ4v) is 2.97. The van der Waals surface area contributed by atoms with Crippen molar-refractivity contribution in [2.45, 2.75) is 12.8 Å². The SMILES string of the molecule is COc1ccc(NC(=O)C2CC2C(=O)NCCc2cccc(OC)c2)cc1. The maximum atomic E-state index is 12.3. The van der Waals surface area contributed by atoms with Crippen molar-refractivity contribution < 1.29 is 19.1 Å². The average molecular weight is 368 g/mol. The summed E-state index contributed by atoms with van der Waals surface area (Å²) in [6.07, 6.45) is 1.31. The summed E-state index contributed by atoms with van der Waals surface area (Å²) in [7, 11) is 3.22. The largest absolute Gasteiger partial charge is 0.497 e. The number of anilines is 1. The summed E-state index contributed by atoms with van der Waals surface area (Å²) < 4.78 is 10.3. The van der Waals surface area contributed by atoms with E-state index < -0.39 is 0 Å². The molecule has 2 unspecified atom stereocenters. The molecule has 0 bridgehead atoms. The van der Waals surface area contributed by atoms with Gasteiger partial charge >= 0.3 is 0 Å². The molecule has 6 heteroatoms. The van der Waals surface area contributed by atoms with Crippen molar-refractivity contribution in [3.05, 3.63) is 54.1 Å². The zero-order valence-electron chi connectivity index (χ0n) is 15.5. The minimum Gasteiger partial charge on any atom is -0.497 e. The first kappa shape index (κ1) is 18.8. The molecule has 0 heterocycles. The highest BCUT2D eigenvalue weighted by Gasteiger charge is 2.47. The van der Waals surface area contributed by atoms with E-state index in [9.17, 15) is 9.59 Å². The molecule has 0 radical (unpaired) electrons. The number of hydrogen-bond acceptors (Lipinski definition) is 4. The van der Waals surface area contributed by atoms with Crippen LogP contribution in [0.15, 0.2) is 48.5 Å². The number of rotatable bonds is 8. The standard InChI is InChI=1S/C21H24N2O4/c1-26-16-8-6-15(7-9-16)23-21(25)19-13-18(19)20(24)22-11-10-14-4-3-5-17(12-14)27-2/h3-9,12,18-19H,10-11,13H2,1-2H3,(H,22,24)(H,23,25). The Labute approximate surface area is 158 Å². The first-order valence-corrected chi connectivity index (χ1v) is 8.96. The van der Waals surface area contributed by atoms with Crippen LogP contribution in [-0.4, -0.2) is 32.6 Å². The van der Waals surface area contributed by atoms with Crippen molar-refractivity contribution in [2.75, 3.05) is 26.1 Å². The van der Waals surface area contributed by atoms with E-state index in [1.54, 1.807) is 38.5 Å². The Morgan fingerprint density at radius 3 is 2.37 bits per heavy atom. The highest BCUT2D eigenvalue weighted by Crippen LogP contribution is 2.39. The molecule has 27 heavy (non-hydrogen) atoms. The van der Waals surface area contributed by atoms with Crippen LogP contribution in [0.4, 0.5) is 5.69 Å². The molecule has 1 aliphatic rings. The predicted molar refractivity (Wildman–Crippen MR) is 103 cm³/mol.